The van der Waals surface area contributed by atoms with Gasteiger partial charge in [0.2, 0.25) is 11.8 Å². The second-order valence-corrected chi connectivity index (χ2v) is 12.0. The normalized spacial score (nSPS) is 11.9. The lowest BCUT2D eigenvalue weighted by atomic mass is 10.1. The Morgan fingerprint density at radius 1 is 0.905 bits per heavy atom. The van der Waals surface area contributed by atoms with Gasteiger partial charge in [-0.25, -0.2) is 8.42 Å². The zero-order valence-corrected chi connectivity index (χ0v) is 25.9. The van der Waals surface area contributed by atoms with E-state index >= 15 is 0 Å². The van der Waals surface area contributed by atoms with Crippen LogP contribution in [-0.4, -0.2) is 57.4 Å². The highest BCUT2D eigenvalue weighted by molar-refractivity contribution is 7.92. The third-order valence-electron chi connectivity index (χ3n) is 7.02. The van der Waals surface area contributed by atoms with Gasteiger partial charge in [-0.15, -0.1) is 0 Å². The Labute approximate surface area is 250 Å². The summed E-state index contributed by atoms with van der Waals surface area (Å²) in [6.07, 6.45) is 2.69. The molecular weight excluding hydrogens is 550 g/mol. The molecule has 0 radical (unpaired) electrons. The van der Waals surface area contributed by atoms with Gasteiger partial charge in [-0.1, -0.05) is 68.3 Å². The number of nitrogens with zero attached hydrogens (tertiary/aromatic N) is 2. The van der Waals surface area contributed by atoms with Gasteiger partial charge in [0.1, 0.15) is 18.3 Å². The van der Waals surface area contributed by atoms with E-state index in [1.54, 1.807) is 24.3 Å². The van der Waals surface area contributed by atoms with Crippen LogP contribution in [-0.2, 0) is 26.0 Å². The maximum atomic E-state index is 14.1. The summed E-state index contributed by atoms with van der Waals surface area (Å²) in [7, 11) is -4.13. The number of sulfonamides is 1. The van der Waals surface area contributed by atoms with Gasteiger partial charge in [-0.3, -0.25) is 13.9 Å². The van der Waals surface area contributed by atoms with E-state index in [1.807, 2.05) is 70.2 Å². The molecule has 42 heavy (non-hydrogen) atoms. The number of benzene rings is 3. The Bertz CT molecular complexity index is 1380. The number of nitrogens with one attached hydrogen (secondary N) is 1. The van der Waals surface area contributed by atoms with Gasteiger partial charge in [0.25, 0.3) is 10.0 Å². The van der Waals surface area contributed by atoms with Crippen molar-refractivity contribution in [3.63, 3.8) is 0 Å². The molecule has 0 heterocycles. The fraction of sp³-hybridized carbons (Fsp3) is 0.394. The fourth-order valence-electron chi connectivity index (χ4n) is 4.64. The minimum atomic E-state index is -4.13. The summed E-state index contributed by atoms with van der Waals surface area (Å²) in [6.45, 7) is 8.47. The molecule has 0 aliphatic rings. The Kier molecular flexibility index (Phi) is 12.4. The molecule has 0 unspecified atom stereocenters. The number of unbranched alkanes of at least 4 members (excludes halogenated alkanes) is 1. The molecule has 0 spiro atoms. The molecule has 226 valence electrons. The van der Waals surface area contributed by atoms with Crippen LogP contribution in [0.1, 0.15) is 51.2 Å². The Morgan fingerprint density at radius 3 is 2.17 bits per heavy atom. The molecule has 0 fully saturated rings. The number of ether oxygens (including phenoxy) is 1. The van der Waals surface area contributed by atoms with Crippen molar-refractivity contribution in [2.24, 2.45) is 0 Å². The topological polar surface area (TPSA) is 96.0 Å². The lowest BCUT2D eigenvalue weighted by Gasteiger charge is -2.33. The van der Waals surface area contributed by atoms with Gasteiger partial charge in [0.05, 0.1) is 17.2 Å². The summed E-state index contributed by atoms with van der Waals surface area (Å²) >= 11 is 0. The second kappa shape index (κ2) is 16.0. The molecule has 0 aliphatic heterocycles. The average molecular weight is 594 g/mol. The minimum Gasteiger partial charge on any atom is -0.494 e. The van der Waals surface area contributed by atoms with Gasteiger partial charge in [-0.05, 0) is 75.1 Å². The summed E-state index contributed by atoms with van der Waals surface area (Å²) in [5.41, 5.74) is 2.35. The van der Waals surface area contributed by atoms with Crippen molar-refractivity contribution >= 4 is 27.5 Å². The highest BCUT2D eigenvalue weighted by Crippen LogP contribution is 2.26. The fourth-order valence-corrected chi connectivity index (χ4v) is 6.06. The molecule has 0 aromatic heterocycles. The predicted octanol–water partition coefficient (Wildman–Crippen LogP) is 5.36. The van der Waals surface area contributed by atoms with E-state index < -0.39 is 28.5 Å². The maximum Gasteiger partial charge on any atom is 0.264 e. The number of amides is 2. The van der Waals surface area contributed by atoms with E-state index in [0.29, 0.717) is 37.4 Å². The van der Waals surface area contributed by atoms with Crippen molar-refractivity contribution in [2.75, 3.05) is 30.5 Å². The molecule has 0 aliphatic carbocycles. The van der Waals surface area contributed by atoms with Crippen LogP contribution in [0.5, 0.6) is 5.75 Å². The van der Waals surface area contributed by atoms with Crippen molar-refractivity contribution in [2.45, 2.75) is 64.3 Å². The highest BCUT2D eigenvalue weighted by atomic mass is 32.2. The quantitative estimate of drug-likeness (QED) is 0.226. The number of aryl methyl sites for hydroxylation is 1. The first-order valence-corrected chi connectivity index (χ1v) is 16.1. The van der Waals surface area contributed by atoms with Gasteiger partial charge < -0.3 is 15.0 Å². The number of rotatable bonds is 16. The number of hydrogen-bond donors (Lipinski definition) is 1. The van der Waals surface area contributed by atoms with Gasteiger partial charge in [0.15, 0.2) is 0 Å². The number of carbonyl (C=O) groups is 2. The summed E-state index contributed by atoms with van der Waals surface area (Å²) < 4.78 is 34.6. The molecule has 0 bridgehead atoms. The average Bonchev–Trinajstić information content (AvgIpc) is 2.99. The number of hydrogen-bond acceptors (Lipinski definition) is 5. The van der Waals surface area contributed by atoms with Crippen molar-refractivity contribution in [1.82, 2.24) is 10.2 Å². The molecule has 0 saturated carbocycles. The molecule has 8 nitrogen and oxygen atoms in total. The molecule has 3 aromatic rings. The maximum absolute atomic E-state index is 14.1. The summed E-state index contributed by atoms with van der Waals surface area (Å²) in [4.78, 5) is 28.9. The monoisotopic (exact) mass is 593 g/mol. The molecule has 1 atom stereocenters. The first-order valence-electron chi connectivity index (χ1n) is 14.6. The number of carbonyl (C=O) groups excluding carboxylic acids is 2. The van der Waals surface area contributed by atoms with E-state index in [-0.39, 0.29) is 17.3 Å². The van der Waals surface area contributed by atoms with E-state index in [2.05, 4.69) is 5.32 Å². The third-order valence-corrected chi connectivity index (χ3v) is 8.81. The van der Waals surface area contributed by atoms with Crippen LogP contribution in [0.25, 0.3) is 0 Å². The molecule has 0 saturated heterocycles. The standard InChI is InChI=1S/C33H43N3O5S/c1-5-8-23-34-33(38)31(6-2)35(24-22-27-12-10-9-11-13-27)32(37)25-36(28-16-14-26(4)15-17-28)42(39,40)30-20-18-29(19-21-30)41-7-3/h9-21,31H,5-8,22-25H2,1-4H3,(H,34,38)/t31-/m1/s1. The van der Waals surface area contributed by atoms with Crippen LogP contribution < -0.4 is 14.4 Å². The Hall–Kier alpha value is -3.85. The lowest BCUT2D eigenvalue weighted by Crippen LogP contribution is -2.53. The van der Waals surface area contributed by atoms with Crippen molar-refractivity contribution in [1.29, 1.82) is 0 Å². The van der Waals surface area contributed by atoms with Crippen molar-refractivity contribution < 1.29 is 22.7 Å². The largest absolute Gasteiger partial charge is 0.494 e. The van der Waals surface area contributed by atoms with Crippen LogP contribution >= 0.6 is 0 Å². The van der Waals surface area contributed by atoms with Crippen LogP contribution in [0.15, 0.2) is 83.8 Å². The Balaban J connectivity index is 1.97. The van der Waals surface area contributed by atoms with E-state index in [0.717, 1.165) is 28.3 Å². The molecule has 3 rings (SSSR count). The predicted molar refractivity (Wildman–Crippen MR) is 167 cm³/mol. The third kappa shape index (κ3) is 8.82. The van der Waals surface area contributed by atoms with E-state index in [4.69, 9.17) is 4.74 Å². The van der Waals surface area contributed by atoms with Crippen LogP contribution in [0.4, 0.5) is 5.69 Å². The first kappa shape index (κ1) is 32.7. The van der Waals surface area contributed by atoms with Crippen LogP contribution in [0.2, 0.25) is 0 Å². The highest BCUT2D eigenvalue weighted by Gasteiger charge is 2.33. The Morgan fingerprint density at radius 2 is 1.57 bits per heavy atom. The lowest BCUT2D eigenvalue weighted by molar-refractivity contribution is -0.139. The molecular formula is C33H43N3O5S. The van der Waals surface area contributed by atoms with Crippen LogP contribution in [0, 0.1) is 6.92 Å². The molecule has 1 N–H and O–H groups in total. The molecule has 2 amide bonds. The van der Waals surface area contributed by atoms with E-state index in [9.17, 15) is 18.0 Å². The SMILES string of the molecule is CCCCNC(=O)[C@@H](CC)N(CCc1ccccc1)C(=O)CN(c1ccc(C)cc1)S(=O)(=O)c1ccc(OCC)cc1. The van der Waals surface area contributed by atoms with Gasteiger partial charge in [0, 0.05) is 13.1 Å². The van der Waals surface area contributed by atoms with E-state index in [1.165, 1.54) is 17.0 Å². The molecule has 9 heteroatoms. The second-order valence-electron chi connectivity index (χ2n) is 10.1. The van der Waals surface area contributed by atoms with Crippen molar-refractivity contribution in [3.05, 3.63) is 90.0 Å². The van der Waals surface area contributed by atoms with Crippen molar-refractivity contribution in [3.8, 4) is 5.75 Å². The smallest absolute Gasteiger partial charge is 0.264 e. The van der Waals surface area contributed by atoms with Gasteiger partial charge >= 0.3 is 0 Å². The molecule has 3 aromatic carbocycles. The first-order chi connectivity index (χ1) is 20.2. The zero-order valence-electron chi connectivity index (χ0n) is 25.1. The zero-order chi connectivity index (χ0) is 30.5. The van der Waals surface area contributed by atoms with Gasteiger partial charge in [-0.2, -0.15) is 0 Å². The minimum absolute atomic E-state index is 0.0412. The number of anilines is 1. The summed E-state index contributed by atoms with van der Waals surface area (Å²) in [6, 6.07) is 22.2. The summed E-state index contributed by atoms with van der Waals surface area (Å²) in [5.74, 6) is -0.122. The summed E-state index contributed by atoms with van der Waals surface area (Å²) in [5, 5.41) is 2.95. The van der Waals surface area contributed by atoms with Crippen LogP contribution in [0.3, 0.4) is 0 Å².